The van der Waals surface area contributed by atoms with Gasteiger partial charge in [-0.2, -0.15) is 0 Å². The van der Waals surface area contributed by atoms with Gasteiger partial charge in [0.05, 0.1) is 0 Å². The predicted octanol–water partition coefficient (Wildman–Crippen LogP) is 2.82. The van der Waals surface area contributed by atoms with Crippen molar-refractivity contribution in [3.8, 4) is 0 Å². The fourth-order valence-corrected chi connectivity index (χ4v) is 3.56. The van der Waals surface area contributed by atoms with Crippen molar-refractivity contribution in [2.45, 2.75) is 31.8 Å². The number of H-pyrrole nitrogens is 1. The third-order valence-corrected chi connectivity index (χ3v) is 4.45. The molecule has 3 rings (SSSR count). The molecule has 1 saturated carbocycles. The molecule has 3 heteroatoms. The van der Waals surface area contributed by atoms with Gasteiger partial charge in [-0.3, -0.25) is 0 Å². The summed E-state index contributed by atoms with van der Waals surface area (Å²) in [4.78, 5) is 5.87. The van der Waals surface area contributed by atoms with E-state index < -0.39 is 0 Å². The maximum Gasteiger partial charge on any atom is 0.0459 e. The lowest BCUT2D eigenvalue weighted by Crippen LogP contribution is -2.43. The van der Waals surface area contributed by atoms with Gasteiger partial charge in [-0.25, -0.2) is 0 Å². The first-order chi connectivity index (χ1) is 9.08. The number of para-hydroxylation sites is 1. The van der Waals surface area contributed by atoms with Crippen LogP contribution in [0.3, 0.4) is 0 Å². The van der Waals surface area contributed by atoms with Crippen LogP contribution in [0.1, 0.15) is 30.1 Å². The zero-order valence-corrected chi connectivity index (χ0v) is 12.0. The smallest absolute Gasteiger partial charge is 0.0459 e. The number of fused-ring (bicyclic) bond motifs is 1. The average Bonchev–Trinajstić information content (AvgIpc) is 2.64. The van der Waals surface area contributed by atoms with Crippen molar-refractivity contribution in [2.75, 3.05) is 14.1 Å². The number of nitrogens with zero attached hydrogens (tertiary/aromatic N) is 1. The number of nitrogens with two attached hydrogens (primary N) is 1. The van der Waals surface area contributed by atoms with Crippen molar-refractivity contribution in [2.24, 2.45) is 11.7 Å². The molecule has 1 atom stereocenters. The van der Waals surface area contributed by atoms with Crippen LogP contribution in [-0.2, 0) is 0 Å². The summed E-state index contributed by atoms with van der Waals surface area (Å²) in [5.41, 5.74) is 9.97. The van der Waals surface area contributed by atoms with Crippen LogP contribution in [0.15, 0.2) is 24.3 Å². The molecule has 1 aromatic carbocycles. The Bertz CT molecular complexity index is 579. The van der Waals surface area contributed by atoms with Gasteiger partial charge < -0.3 is 15.6 Å². The van der Waals surface area contributed by atoms with E-state index in [1.165, 1.54) is 22.2 Å². The Kier molecular flexibility index (Phi) is 3.11. The standard InChI is InChI=1S/C16H23N3/c1-10-15(13-6-4-5-7-14(13)18-10)16(19(2)3)11-8-12(17)9-11/h4-7,11-12,16,18H,8-9,17H2,1-3H3. The van der Waals surface area contributed by atoms with Crippen LogP contribution in [0, 0.1) is 12.8 Å². The van der Waals surface area contributed by atoms with E-state index in [2.05, 4.69) is 55.2 Å². The Balaban J connectivity index is 2.07. The molecule has 0 aliphatic heterocycles. The molecule has 19 heavy (non-hydrogen) atoms. The second kappa shape index (κ2) is 4.66. The van der Waals surface area contributed by atoms with Gasteiger partial charge >= 0.3 is 0 Å². The summed E-state index contributed by atoms with van der Waals surface area (Å²) in [7, 11) is 4.35. The molecule has 0 amide bonds. The largest absolute Gasteiger partial charge is 0.358 e. The molecule has 0 radical (unpaired) electrons. The first-order valence-corrected chi connectivity index (χ1v) is 7.07. The van der Waals surface area contributed by atoms with Crippen LogP contribution >= 0.6 is 0 Å². The lowest BCUT2D eigenvalue weighted by atomic mass is 9.73. The number of hydrogen-bond donors (Lipinski definition) is 2. The van der Waals surface area contributed by atoms with Gasteiger partial charge in [-0.15, -0.1) is 0 Å². The highest BCUT2D eigenvalue weighted by Crippen LogP contribution is 2.43. The number of rotatable bonds is 3. The highest BCUT2D eigenvalue weighted by molar-refractivity contribution is 5.85. The van der Waals surface area contributed by atoms with Crippen LogP contribution in [0.2, 0.25) is 0 Å². The molecule has 1 unspecified atom stereocenters. The lowest BCUT2D eigenvalue weighted by molar-refractivity contribution is 0.124. The first kappa shape index (κ1) is 12.7. The van der Waals surface area contributed by atoms with Gasteiger partial charge in [0.1, 0.15) is 0 Å². The van der Waals surface area contributed by atoms with Crippen molar-refractivity contribution in [1.29, 1.82) is 0 Å². The molecule has 3 nitrogen and oxygen atoms in total. The van der Waals surface area contributed by atoms with E-state index in [-0.39, 0.29) is 0 Å². The Morgan fingerprint density at radius 1 is 1.26 bits per heavy atom. The number of aryl methyl sites for hydroxylation is 1. The van der Waals surface area contributed by atoms with Gasteiger partial charge in [-0.05, 0) is 51.4 Å². The van der Waals surface area contributed by atoms with Gasteiger partial charge in [0.25, 0.3) is 0 Å². The van der Waals surface area contributed by atoms with E-state index in [9.17, 15) is 0 Å². The maximum atomic E-state index is 5.98. The quantitative estimate of drug-likeness (QED) is 0.888. The Hall–Kier alpha value is -1.32. The number of hydrogen-bond acceptors (Lipinski definition) is 2. The summed E-state index contributed by atoms with van der Waals surface area (Å²) < 4.78 is 0. The molecule has 1 aliphatic rings. The number of benzene rings is 1. The topological polar surface area (TPSA) is 45.1 Å². The fourth-order valence-electron chi connectivity index (χ4n) is 3.56. The van der Waals surface area contributed by atoms with Crippen molar-refractivity contribution >= 4 is 10.9 Å². The van der Waals surface area contributed by atoms with Crippen molar-refractivity contribution in [3.63, 3.8) is 0 Å². The van der Waals surface area contributed by atoms with Crippen LogP contribution in [0.25, 0.3) is 10.9 Å². The van der Waals surface area contributed by atoms with Crippen molar-refractivity contribution < 1.29 is 0 Å². The number of nitrogens with one attached hydrogen (secondary N) is 1. The normalized spacial score (nSPS) is 24.7. The number of aromatic nitrogens is 1. The molecule has 1 heterocycles. The third-order valence-electron chi connectivity index (χ3n) is 4.45. The second-order valence-corrected chi connectivity index (χ2v) is 6.11. The van der Waals surface area contributed by atoms with Crippen LogP contribution in [-0.4, -0.2) is 30.0 Å². The molecule has 0 bridgehead atoms. The monoisotopic (exact) mass is 257 g/mol. The first-order valence-electron chi connectivity index (χ1n) is 7.07. The van der Waals surface area contributed by atoms with E-state index in [0.29, 0.717) is 18.0 Å². The highest BCUT2D eigenvalue weighted by atomic mass is 15.1. The minimum atomic E-state index is 0.401. The maximum absolute atomic E-state index is 5.98. The van der Waals surface area contributed by atoms with Crippen LogP contribution in [0.4, 0.5) is 0 Å². The summed E-state index contributed by atoms with van der Waals surface area (Å²) in [5, 5.41) is 1.36. The molecule has 1 fully saturated rings. The minimum absolute atomic E-state index is 0.401. The molecule has 1 aliphatic carbocycles. The molecule has 102 valence electrons. The molecule has 0 saturated heterocycles. The highest BCUT2D eigenvalue weighted by Gasteiger charge is 2.36. The lowest BCUT2D eigenvalue weighted by Gasteiger charge is -2.42. The summed E-state index contributed by atoms with van der Waals surface area (Å²) in [6.07, 6.45) is 2.28. The van der Waals surface area contributed by atoms with E-state index >= 15 is 0 Å². The molecule has 1 aromatic heterocycles. The number of aromatic amines is 1. The fraction of sp³-hybridized carbons (Fsp3) is 0.500. The van der Waals surface area contributed by atoms with E-state index in [1.54, 1.807) is 0 Å². The molecular weight excluding hydrogens is 234 g/mol. The summed E-state index contributed by atoms with van der Waals surface area (Å²) in [6, 6.07) is 9.47. The van der Waals surface area contributed by atoms with Crippen LogP contribution < -0.4 is 5.73 Å². The summed E-state index contributed by atoms with van der Waals surface area (Å²) in [5.74, 6) is 0.683. The summed E-state index contributed by atoms with van der Waals surface area (Å²) >= 11 is 0. The molecule has 2 aromatic rings. The zero-order chi connectivity index (χ0) is 13.6. The predicted molar refractivity (Wildman–Crippen MR) is 80.2 cm³/mol. The Morgan fingerprint density at radius 2 is 1.95 bits per heavy atom. The van der Waals surface area contributed by atoms with Gasteiger partial charge in [0.15, 0.2) is 0 Å². The van der Waals surface area contributed by atoms with Crippen LogP contribution in [0.5, 0.6) is 0 Å². The van der Waals surface area contributed by atoms with E-state index in [0.717, 1.165) is 12.8 Å². The van der Waals surface area contributed by atoms with Gasteiger partial charge in [-0.1, -0.05) is 18.2 Å². The van der Waals surface area contributed by atoms with Gasteiger partial charge in [0.2, 0.25) is 0 Å². The zero-order valence-electron chi connectivity index (χ0n) is 12.0. The van der Waals surface area contributed by atoms with Crippen molar-refractivity contribution in [1.82, 2.24) is 9.88 Å². The van der Waals surface area contributed by atoms with Crippen molar-refractivity contribution in [3.05, 3.63) is 35.5 Å². The van der Waals surface area contributed by atoms with E-state index in [4.69, 9.17) is 5.73 Å². The molecular formula is C16H23N3. The Morgan fingerprint density at radius 3 is 2.58 bits per heavy atom. The van der Waals surface area contributed by atoms with Gasteiger partial charge in [0, 0.05) is 28.7 Å². The average molecular weight is 257 g/mol. The van der Waals surface area contributed by atoms with E-state index in [1.807, 2.05) is 0 Å². The second-order valence-electron chi connectivity index (χ2n) is 6.11. The SMILES string of the molecule is Cc1[nH]c2ccccc2c1C(C1CC(N)C1)N(C)C. The minimum Gasteiger partial charge on any atom is -0.358 e. The molecule has 3 N–H and O–H groups in total. The third kappa shape index (κ3) is 2.07. The Labute approximate surface area is 114 Å². The summed E-state index contributed by atoms with van der Waals surface area (Å²) in [6.45, 7) is 2.18. The molecule has 0 spiro atoms.